The fraction of sp³-hybridized carbons (Fsp3) is 0.600. The number of carbonyl (C=O) groups is 2. The Balaban J connectivity index is 2.12. The van der Waals surface area contributed by atoms with E-state index < -0.39 is 10.0 Å². The van der Waals surface area contributed by atoms with Crippen LogP contribution >= 0.6 is 0 Å². The molecule has 156 valence electrons. The number of rotatable bonds is 10. The highest BCUT2D eigenvalue weighted by atomic mass is 32.2. The fourth-order valence-corrected chi connectivity index (χ4v) is 4.11. The molecule has 0 aliphatic heterocycles. The molecule has 7 nitrogen and oxygen atoms in total. The Morgan fingerprint density at radius 3 is 2.29 bits per heavy atom. The van der Waals surface area contributed by atoms with Crippen LogP contribution in [0.3, 0.4) is 0 Å². The third-order valence-electron chi connectivity index (χ3n) is 4.86. The van der Waals surface area contributed by atoms with E-state index >= 15 is 0 Å². The molecule has 1 aromatic carbocycles. The highest BCUT2D eigenvalue weighted by molar-refractivity contribution is 7.89. The van der Waals surface area contributed by atoms with Gasteiger partial charge in [-0.25, -0.2) is 8.42 Å². The molecule has 0 spiro atoms. The molecule has 1 fully saturated rings. The number of hydrogen-bond donors (Lipinski definition) is 0. The van der Waals surface area contributed by atoms with E-state index in [0.29, 0.717) is 31.2 Å². The molecule has 0 unspecified atom stereocenters. The van der Waals surface area contributed by atoms with Gasteiger partial charge < -0.3 is 9.64 Å². The first-order valence-corrected chi connectivity index (χ1v) is 11.1. The van der Waals surface area contributed by atoms with Crippen LogP contribution in [0.15, 0.2) is 29.2 Å². The lowest BCUT2D eigenvalue weighted by Gasteiger charge is -2.23. The van der Waals surface area contributed by atoms with Gasteiger partial charge in [-0.1, -0.05) is 0 Å². The Kier molecular flexibility index (Phi) is 7.60. The lowest BCUT2D eigenvalue weighted by molar-refractivity contribution is -0.143. The summed E-state index contributed by atoms with van der Waals surface area (Å²) >= 11 is 0. The molecule has 1 aromatic rings. The maximum absolute atomic E-state index is 12.9. The predicted octanol–water partition coefficient (Wildman–Crippen LogP) is 2.52. The molecule has 28 heavy (non-hydrogen) atoms. The Morgan fingerprint density at radius 1 is 1.18 bits per heavy atom. The molecule has 0 heterocycles. The summed E-state index contributed by atoms with van der Waals surface area (Å²) in [7, 11) is -2.06. The van der Waals surface area contributed by atoms with Crippen molar-refractivity contribution in [2.45, 2.75) is 51.0 Å². The summed E-state index contributed by atoms with van der Waals surface area (Å²) in [5.74, 6) is -0.0443. The van der Waals surface area contributed by atoms with Crippen molar-refractivity contribution in [3.63, 3.8) is 0 Å². The van der Waals surface area contributed by atoms with Gasteiger partial charge in [0.2, 0.25) is 10.0 Å². The van der Waals surface area contributed by atoms with Crippen molar-refractivity contribution in [1.82, 2.24) is 9.21 Å². The minimum atomic E-state index is -3.59. The number of benzene rings is 1. The Hall–Kier alpha value is -1.93. The normalized spacial score (nSPS) is 14.4. The monoisotopic (exact) mass is 410 g/mol. The first-order chi connectivity index (χ1) is 13.2. The van der Waals surface area contributed by atoms with E-state index in [-0.39, 0.29) is 29.2 Å². The van der Waals surface area contributed by atoms with E-state index in [0.717, 1.165) is 12.8 Å². The molecular weight excluding hydrogens is 380 g/mol. The van der Waals surface area contributed by atoms with Crippen LogP contribution in [-0.2, 0) is 19.6 Å². The zero-order chi connectivity index (χ0) is 20.9. The molecule has 8 heteroatoms. The third-order valence-corrected chi connectivity index (χ3v) is 6.91. The average Bonchev–Trinajstić information content (AvgIpc) is 3.48. The van der Waals surface area contributed by atoms with Gasteiger partial charge >= 0.3 is 5.97 Å². The van der Waals surface area contributed by atoms with Crippen LogP contribution in [0.2, 0.25) is 0 Å². The Labute approximate surface area is 167 Å². The summed E-state index contributed by atoms with van der Waals surface area (Å²) in [4.78, 5) is 26.4. The van der Waals surface area contributed by atoms with Gasteiger partial charge in [0, 0.05) is 31.7 Å². The summed E-state index contributed by atoms with van der Waals surface area (Å²) in [6, 6.07) is 5.83. The Bertz CT molecular complexity index is 785. The van der Waals surface area contributed by atoms with Crippen LogP contribution in [0.4, 0.5) is 0 Å². The summed E-state index contributed by atoms with van der Waals surface area (Å²) in [5, 5.41) is 0. The van der Waals surface area contributed by atoms with Crippen LogP contribution < -0.4 is 0 Å². The van der Waals surface area contributed by atoms with Crippen LogP contribution in [0.25, 0.3) is 0 Å². The molecule has 0 aromatic heterocycles. The van der Waals surface area contributed by atoms with Gasteiger partial charge in [0.25, 0.3) is 5.91 Å². The van der Waals surface area contributed by atoms with Crippen molar-refractivity contribution in [1.29, 1.82) is 0 Å². The number of hydrogen-bond acceptors (Lipinski definition) is 5. The van der Waals surface area contributed by atoms with E-state index in [2.05, 4.69) is 0 Å². The van der Waals surface area contributed by atoms with Gasteiger partial charge in [-0.05, 0) is 63.8 Å². The van der Waals surface area contributed by atoms with Gasteiger partial charge in [0.05, 0.1) is 17.9 Å². The maximum Gasteiger partial charge on any atom is 0.307 e. The topological polar surface area (TPSA) is 84.0 Å². The van der Waals surface area contributed by atoms with Gasteiger partial charge in [-0.2, -0.15) is 4.31 Å². The molecular formula is C20H30N2O5S. The van der Waals surface area contributed by atoms with Crippen molar-refractivity contribution in [3.05, 3.63) is 29.8 Å². The minimum absolute atomic E-state index is 0.151. The second kappa shape index (κ2) is 9.52. The molecule has 0 N–H and O–H groups in total. The molecule has 1 aliphatic rings. The summed E-state index contributed by atoms with van der Waals surface area (Å²) in [6.07, 6.45) is 2.32. The van der Waals surface area contributed by atoms with Crippen molar-refractivity contribution in [3.8, 4) is 0 Å². The first-order valence-electron chi connectivity index (χ1n) is 9.69. The molecule has 1 saturated carbocycles. The molecule has 0 saturated heterocycles. The zero-order valence-corrected chi connectivity index (χ0v) is 17.9. The average molecular weight is 411 g/mol. The summed E-state index contributed by atoms with van der Waals surface area (Å²) in [6.45, 7) is 6.57. The van der Waals surface area contributed by atoms with E-state index in [1.54, 1.807) is 25.7 Å². The standard InChI is InChI=1S/C20H30N2O5S/c1-5-27-19(23)12-13-22(14-16-6-7-16)20(24)17-8-10-18(11-9-17)28(25,26)21(4)15(2)3/h8-11,15-16H,5-7,12-14H2,1-4H3. The highest BCUT2D eigenvalue weighted by Gasteiger charge is 2.28. The van der Waals surface area contributed by atoms with Crippen molar-refractivity contribution in [2.75, 3.05) is 26.7 Å². The Morgan fingerprint density at radius 2 is 1.79 bits per heavy atom. The number of sulfonamides is 1. The zero-order valence-electron chi connectivity index (χ0n) is 17.1. The predicted molar refractivity (Wildman–Crippen MR) is 106 cm³/mol. The molecule has 1 aliphatic carbocycles. The van der Waals surface area contributed by atoms with E-state index in [4.69, 9.17) is 4.74 Å². The van der Waals surface area contributed by atoms with E-state index in [9.17, 15) is 18.0 Å². The summed E-state index contributed by atoms with van der Waals surface area (Å²) < 4.78 is 31.4. The number of carbonyl (C=O) groups excluding carboxylic acids is 2. The second-order valence-corrected chi connectivity index (χ2v) is 9.39. The van der Waals surface area contributed by atoms with Crippen molar-refractivity contribution >= 4 is 21.9 Å². The third kappa shape index (κ3) is 5.78. The number of amides is 1. The maximum atomic E-state index is 12.9. The smallest absolute Gasteiger partial charge is 0.307 e. The number of ether oxygens (including phenoxy) is 1. The lowest BCUT2D eigenvalue weighted by atomic mass is 10.2. The number of nitrogens with zero attached hydrogens (tertiary/aromatic N) is 2. The lowest BCUT2D eigenvalue weighted by Crippen LogP contribution is -2.35. The molecule has 2 rings (SSSR count). The van der Waals surface area contributed by atoms with E-state index in [1.165, 1.54) is 35.6 Å². The van der Waals surface area contributed by atoms with Gasteiger partial charge in [-0.3, -0.25) is 9.59 Å². The molecule has 0 atom stereocenters. The molecule has 0 radical (unpaired) electrons. The highest BCUT2D eigenvalue weighted by Crippen LogP contribution is 2.30. The fourth-order valence-electron chi connectivity index (χ4n) is 2.74. The van der Waals surface area contributed by atoms with Crippen LogP contribution in [0.1, 0.15) is 50.4 Å². The van der Waals surface area contributed by atoms with Crippen molar-refractivity contribution < 1.29 is 22.7 Å². The van der Waals surface area contributed by atoms with Crippen LogP contribution in [0.5, 0.6) is 0 Å². The van der Waals surface area contributed by atoms with Gasteiger partial charge in [-0.15, -0.1) is 0 Å². The van der Waals surface area contributed by atoms with E-state index in [1.807, 2.05) is 0 Å². The summed E-state index contributed by atoms with van der Waals surface area (Å²) in [5.41, 5.74) is 0.413. The van der Waals surface area contributed by atoms with Gasteiger partial charge in [0.1, 0.15) is 0 Å². The van der Waals surface area contributed by atoms with Crippen LogP contribution in [0, 0.1) is 5.92 Å². The molecule has 0 bridgehead atoms. The minimum Gasteiger partial charge on any atom is -0.466 e. The second-order valence-electron chi connectivity index (χ2n) is 7.39. The number of esters is 1. The van der Waals surface area contributed by atoms with Gasteiger partial charge in [0.15, 0.2) is 0 Å². The first kappa shape index (κ1) is 22.4. The molecule has 1 amide bonds. The largest absolute Gasteiger partial charge is 0.466 e. The quantitative estimate of drug-likeness (QED) is 0.554. The van der Waals surface area contributed by atoms with Crippen molar-refractivity contribution in [2.24, 2.45) is 5.92 Å². The SMILES string of the molecule is CCOC(=O)CCN(CC1CC1)C(=O)c1ccc(S(=O)(=O)N(C)C(C)C)cc1. The van der Waals surface area contributed by atoms with Crippen LogP contribution in [-0.4, -0.2) is 62.3 Å².